The topological polar surface area (TPSA) is 96.3 Å². The zero-order chi connectivity index (χ0) is 18.4. The minimum Gasteiger partial charge on any atom is -0.467 e. The number of thiazole rings is 1. The van der Waals surface area contributed by atoms with Gasteiger partial charge >= 0.3 is 0 Å². The van der Waals surface area contributed by atoms with Gasteiger partial charge in [-0.3, -0.25) is 9.59 Å². The zero-order valence-corrected chi connectivity index (χ0v) is 14.9. The maximum atomic E-state index is 12.3. The Hall–Kier alpha value is -3.13. The van der Waals surface area contributed by atoms with Crippen LogP contribution in [0.15, 0.2) is 58.5 Å². The second-order valence-corrected chi connectivity index (χ2v) is 6.38. The lowest BCUT2D eigenvalue weighted by Crippen LogP contribution is -2.44. The quantitative estimate of drug-likeness (QED) is 0.594. The van der Waals surface area contributed by atoms with Crippen LogP contribution >= 0.6 is 11.3 Å². The monoisotopic (exact) mass is 370 g/mol. The van der Waals surface area contributed by atoms with Gasteiger partial charge in [-0.1, -0.05) is 18.2 Å². The van der Waals surface area contributed by atoms with Crippen molar-refractivity contribution >= 4 is 34.0 Å². The summed E-state index contributed by atoms with van der Waals surface area (Å²) >= 11 is 1.32. The molecule has 1 aromatic carbocycles. The number of para-hydroxylation sites is 1. The third-order valence-corrected chi connectivity index (χ3v) is 4.28. The van der Waals surface area contributed by atoms with Crippen LogP contribution < -0.4 is 16.0 Å². The smallest absolute Gasteiger partial charge is 0.271 e. The van der Waals surface area contributed by atoms with Crippen LogP contribution in [0.25, 0.3) is 0 Å². The molecule has 1 atom stereocenters. The number of carbonyl (C=O) groups excluding carboxylic acids is 2. The first-order valence-electron chi connectivity index (χ1n) is 8.00. The molecule has 3 rings (SSSR count). The number of nitrogens with zero attached hydrogens (tertiary/aromatic N) is 1. The number of rotatable bonds is 7. The van der Waals surface area contributed by atoms with Gasteiger partial charge in [0.1, 0.15) is 17.5 Å². The van der Waals surface area contributed by atoms with Crippen molar-refractivity contribution in [1.82, 2.24) is 15.6 Å². The molecule has 134 valence electrons. The van der Waals surface area contributed by atoms with E-state index in [1.165, 1.54) is 17.6 Å². The summed E-state index contributed by atoms with van der Waals surface area (Å²) in [6.07, 6.45) is 1.54. The Bertz CT molecular complexity index is 862. The highest BCUT2D eigenvalue weighted by Gasteiger charge is 2.18. The Kier molecular flexibility index (Phi) is 5.65. The van der Waals surface area contributed by atoms with Crippen LogP contribution in [0.4, 0.5) is 10.8 Å². The summed E-state index contributed by atoms with van der Waals surface area (Å²) in [6, 6.07) is 12.4. The van der Waals surface area contributed by atoms with Gasteiger partial charge in [0.25, 0.3) is 5.91 Å². The SMILES string of the molecule is CC(NC(=O)c1csc(Nc2ccccc2)n1)C(=O)NCc1ccco1. The van der Waals surface area contributed by atoms with Crippen molar-refractivity contribution in [1.29, 1.82) is 0 Å². The molecular weight excluding hydrogens is 352 g/mol. The Morgan fingerprint density at radius 1 is 1.19 bits per heavy atom. The molecule has 2 heterocycles. The van der Waals surface area contributed by atoms with Crippen molar-refractivity contribution in [2.45, 2.75) is 19.5 Å². The second-order valence-electron chi connectivity index (χ2n) is 5.52. The van der Waals surface area contributed by atoms with Crippen molar-refractivity contribution in [3.63, 3.8) is 0 Å². The van der Waals surface area contributed by atoms with Gasteiger partial charge in [-0.15, -0.1) is 11.3 Å². The lowest BCUT2D eigenvalue weighted by Gasteiger charge is -2.12. The summed E-state index contributed by atoms with van der Waals surface area (Å²) in [4.78, 5) is 28.6. The Morgan fingerprint density at radius 2 is 2.00 bits per heavy atom. The van der Waals surface area contributed by atoms with Crippen molar-refractivity contribution in [2.24, 2.45) is 0 Å². The molecule has 26 heavy (non-hydrogen) atoms. The number of benzene rings is 1. The van der Waals surface area contributed by atoms with Crippen molar-refractivity contribution < 1.29 is 14.0 Å². The summed E-state index contributed by atoms with van der Waals surface area (Å²) in [5.74, 6) is -0.0522. The molecule has 3 N–H and O–H groups in total. The molecule has 0 fully saturated rings. The number of amides is 2. The van der Waals surface area contributed by atoms with E-state index < -0.39 is 11.9 Å². The average Bonchev–Trinajstić information content (AvgIpc) is 3.32. The minimum absolute atomic E-state index is 0.263. The van der Waals surface area contributed by atoms with Gasteiger partial charge in [0.15, 0.2) is 5.13 Å². The fraction of sp³-hybridized carbons (Fsp3) is 0.167. The molecule has 2 amide bonds. The van der Waals surface area contributed by atoms with Gasteiger partial charge in [-0.2, -0.15) is 0 Å². The van der Waals surface area contributed by atoms with Crippen molar-refractivity contribution in [3.05, 3.63) is 65.6 Å². The van der Waals surface area contributed by atoms with E-state index in [0.717, 1.165) is 5.69 Å². The molecule has 0 saturated carbocycles. The number of carbonyl (C=O) groups is 2. The minimum atomic E-state index is -0.690. The van der Waals surface area contributed by atoms with Crippen LogP contribution in [0.2, 0.25) is 0 Å². The fourth-order valence-corrected chi connectivity index (χ4v) is 2.87. The number of nitrogens with one attached hydrogen (secondary N) is 3. The normalized spacial score (nSPS) is 11.6. The average molecular weight is 370 g/mol. The summed E-state index contributed by atoms with van der Waals surface area (Å²) < 4.78 is 5.15. The summed E-state index contributed by atoms with van der Waals surface area (Å²) in [7, 11) is 0. The van der Waals surface area contributed by atoms with Crippen LogP contribution in [-0.2, 0) is 11.3 Å². The predicted octanol–water partition coefficient (Wildman–Crippen LogP) is 2.91. The second kappa shape index (κ2) is 8.30. The standard InChI is InChI=1S/C18H18N4O3S/c1-12(16(23)19-10-14-8-5-9-25-14)20-17(24)15-11-26-18(22-15)21-13-6-3-2-4-7-13/h2-9,11-12H,10H2,1H3,(H,19,23)(H,20,24)(H,21,22). The van der Waals surface area contributed by atoms with Crippen LogP contribution in [0.5, 0.6) is 0 Å². The van der Waals surface area contributed by atoms with E-state index in [0.29, 0.717) is 10.9 Å². The van der Waals surface area contributed by atoms with Crippen molar-refractivity contribution in [2.75, 3.05) is 5.32 Å². The molecule has 0 aliphatic heterocycles. The summed E-state index contributed by atoms with van der Waals surface area (Å²) in [6.45, 7) is 1.89. The molecule has 0 aliphatic carbocycles. The third kappa shape index (κ3) is 4.70. The molecule has 0 bridgehead atoms. The fourth-order valence-electron chi connectivity index (χ4n) is 2.16. The number of hydrogen-bond donors (Lipinski definition) is 3. The molecule has 0 spiro atoms. The Morgan fingerprint density at radius 3 is 2.73 bits per heavy atom. The van der Waals surface area contributed by atoms with E-state index in [9.17, 15) is 9.59 Å². The van der Waals surface area contributed by atoms with E-state index in [2.05, 4.69) is 20.9 Å². The van der Waals surface area contributed by atoms with E-state index in [1.54, 1.807) is 24.4 Å². The van der Waals surface area contributed by atoms with E-state index in [1.807, 2.05) is 30.3 Å². The van der Waals surface area contributed by atoms with Gasteiger partial charge in [0.2, 0.25) is 5.91 Å². The van der Waals surface area contributed by atoms with E-state index >= 15 is 0 Å². The van der Waals surface area contributed by atoms with Crippen LogP contribution in [0.3, 0.4) is 0 Å². The predicted molar refractivity (Wildman–Crippen MR) is 99.3 cm³/mol. The maximum absolute atomic E-state index is 12.3. The van der Waals surface area contributed by atoms with Gasteiger partial charge in [0.05, 0.1) is 12.8 Å². The summed E-state index contributed by atoms with van der Waals surface area (Å²) in [5.41, 5.74) is 1.15. The maximum Gasteiger partial charge on any atom is 0.271 e. The van der Waals surface area contributed by atoms with Crippen LogP contribution in [0, 0.1) is 0 Å². The summed E-state index contributed by atoms with van der Waals surface area (Å²) in [5, 5.41) is 10.7. The first-order chi connectivity index (χ1) is 12.6. The lowest BCUT2D eigenvalue weighted by atomic mass is 10.3. The number of furan rings is 1. The molecule has 0 saturated heterocycles. The number of anilines is 2. The largest absolute Gasteiger partial charge is 0.467 e. The van der Waals surface area contributed by atoms with Gasteiger partial charge in [-0.05, 0) is 31.2 Å². The van der Waals surface area contributed by atoms with Crippen molar-refractivity contribution in [3.8, 4) is 0 Å². The Balaban J connectivity index is 1.51. The molecule has 1 unspecified atom stereocenters. The molecule has 0 radical (unpaired) electrons. The Labute approximate surface area is 154 Å². The highest BCUT2D eigenvalue weighted by atomic mass is 32.1. The molecule has 2 aromatic heterocycles. The molecule has 0 aliphatic rings. The van der Waals surface area contributed by atoms with E-state index in [4.69, 9.17) is 4.42 Å². The molecular formula is C18H18N4O3S. The molecule has 3 aromatic rings. The molecule has 8 heteroatoms. The van der Waals surface area contributed by atoms with Gasteiger partial charge < -0.3 is 20.4 Å². The highest BCUT2D eigenvalue weighted by molar-refractivity contribution is 7.14. The van der Waals surface area contributed by atoms with Gasteiger partial charge in [-0.25, -0.2) is 4.98 Å². The first-order valence-corrected chi connectivity index (χ1v) is 8.88. The lowest BCUT2D eigenvalue weighted by molar-refractivity contribution is -0.122. The molecule has 7 nitrogen and oxygen atoms in total. The highest BCUT2D eigenvalue weighted by Crippen LogP contribution is 2.20. The number of hydrogen-bond acceptors (Lipinski definition) is 6. The van der Waals surface area contributed by atoms with E-state index in [-0.39, 0.29) is 18.1 Å². The van der Waals surface area contributed by atoms with Crippen LogP contribution in [-0.4, -0.2) is 22.8 Å². The van der Waals surface area contributed by atoms with Gasteiger partial charge in [0, 0.05) is 11.1 Å². The van der Waals surface area contributed by atoms with Crippen LogP contribution in [0.1, 0.15) is 23.2 Å². The third-order valence-electron chi connectivity index (χ3n) is 3.52. The number of aromatic nitrogens is 1. The first kappa shape index (κ1) is 17.7. The zero-order valence-electron chi connectivity index (χ0n) is 14.1.